The smallest absolute Gasteiger partial charge is 0.283 e. The summed E-state index contributed by atoms with van der Waals surface area (Å²) in [5, 5.41) is 7.35. The first-order chi connectivity index (χ1) is 9.72. The van der Waals surface area contributed by atoms with Gasteiger partial charge in [0.05, 0.1) is 24.5 Å². The molecule has 0 saturated carbocycles. The van der Waals surface area contributed by atoms with Crippen LogP contribution in [0, 0.1) is 0 Å². The van der Waals surface area contributed by atoms with E-state index in [0.29, 0.717) is 17.1 Å². The lowest BCUT2D eigenvalue weighted by molar-refractivity contribution is 0.0134. The van der Waals surface area contributed by atoms with E-state index in [1.54, 1.807) is 12.3 Å². The molecule has 1 aliphatic heterocycles. The Labute approximate surface area is 127 Å². The van der Waals surface area contributed by atoms with Gasteiger partial charge >= 0.3 is 0 Å². The molecule has 0 aliphatic carbocycles. The minimum absolute atomic E-state index is 0.149. The van der Waals surface area contributed by atoms with E-state index < -0.39 is 0 Å². The first-order valence-electron chi connectivity index (χ1n) is 6.94. The maximum absolute atomic E-state index is 12.0. The van der Waals surface area contributed by atoms with Gasteiger partial charge in [-0.05, 0) is 41.6 Å². The molecule has 0 radical (unpaired) electrons. The Morgan fingerprint density at radius 1 is 1.60 bits per heavy atom. The summed E-state index contributed by atoms with van der Waals surface area (Å²) in [6, 6.07) is 0. The summed E-state index contributed by atoms with van der Waals surface area (Å²) in [6.07, 6.45) is 8.13. The van der Waals surface area contributed by atoms with Crippen LogP contribution in [0.3, 0.4) is 0 Å². The average molecular weight is 342 g/mol. The molecule has 0 aromatic carbocycles. The van der Waals surface area contributed by atoms with E-state index in [0.717, 1.165) is 31.7 Å². The monoisotopic (exact) mass is 341 g/mol. The Morgan fingerprint density at radius 2 is 2.45 bits per heavy atom. The third-order valence-electron chi connectivity index (χ3n) is 3.34. The highest BCUT2D eigenvalue weighted by molar-refractivity contribution is 9.10. The molecular weight excluding hydrogens is 322 g/mol. The molecule has 1 aromatic heterocycles. The summed E-state index contributed by atoms with van der Waals surface area (Å²) in [4.78, 5) is 12.0. The van der Waals surface area contributed by atoms with Gasteiger partial charge in [-0.1, -0.05) is 6.08 Å². The fourth-order valence-electron chi connectivity index (χ4n) is 2.24. The molecule has 20 heavy (non-hydrogen) atoms. The summed E-state index contributed by atoms with van der Waals surface area (Å²) in [6.45, 7) is 5.66. The topological polar surface area (TPSA) is 56.1 Å². The number of aromatic nitrogens is 2. The van der Waals surface area contributed by atoms with Crippen molar-refractivity contribution in [3.8, 4) is 0 Å². The number of nitrogens with zero attached hydrogens (tertiary/aromatic N) is 2. The van der Waals surface area contributed by atoms with E-state index in [4.69, 9.17) is 4.74 Å². The molecule has 1 aromatic rings. The first-order valence-corrected chi connectivity index (χ1v) is 7.73. The molecule has 0 amide bonds. The second-order valence-electron chi connectivity index (χ2n) is 4.85. The lowest BCUT2D eigenvalue weighted by Gasteiger charge is -2.22. The molecule has 1 atom stereocenters. The normalized spacial score (nSPS) is 18.8. The van der Waals surface area contributed by atoms with Crippen LogP contribution in [0.25, 0.3) is 0 Å². The zero-order chi connectivity index (χ0) is 14.4. The van der Waals surface area contributed by atoms with Crippen LogP contribution < -0.4 is 10.9 Å². The van der Waals surface area contributed by atoms with Crippen molar-refractivity contribution in [2.75, 3.05) is 18.5 Å². The third kappa shape index (κ3) is 3.93. The molecule has 0 bridgehead atoms. The van der Waals surface area contributed by atoms with Crippen LogP contribution in [-0.2, 0) is 11.3 Å². The molecule has 0 spiro atoms. The van der Waals surface area contributed by atoms with Gasteiger partial charge in [-0.2, -0.15) is 5.10 Å². The minimum Gasteiger partial charge on any atom is -0.383 e. The summed E-state index contributed by atoms with van der Waals surface area (Å²) < 4.78 is 7.56. The van der Waals surface area contributed by atoms with Gasteiger partial charge in [0.2, 0.25) is 0 Å². The molecule has 1 aliphatic rings. The van der Waals surface area contributed by atoms with E-state index in [1.165, 1.54) is 17.5 Å². The van der Waals surface area contributed by atoms with Crippen molar-refractivity contribution >= 4 is 21.6 Å². The average Bonchev–Trinajstić information content (AvgIpc) is 2.48. The van der Waals surface area contributed by atoms with Gasteiger partial charge in [-0.3, -0.25) is 4.79 Å². The van der Waals surface area contributed by atoms with Gasteiger partial charge in [-0.25, -0.2) is 4.68 Å². The highest BCUT2D eigenvalue weighted by Gasteiger charge is 2.14. The van der Waals surface area contributed by atoms with Crippen molar-refractivity contribution in [1.82, 2.24) is 9.78 Å². The maximum atomic E-state index is 12.0. The highest BCUT2D eigenvalue weighted by atomic mass is 79.9. The number of allylic oxidation sites excluding steroid dienone is 1. The fourth-order valence-corrected chi connectivity index (χ4v) is 2.69. The maximum Gasteiger partial charge on any atom is 0.283 e. The summed E-state index contributed by atoms with van der Waals surface area (Å²) in [5.41, 5.74) is 0.579. The van der Waals surface area contributed by atoms with Crippen LogP contribution in [0.5, 0.6) is 0 Å². The van der Waals surface area contributed by atoms with Crippen molar-refractivity contribution in [2.24, 2.45) is 0 Å². The van der Waals surface area contributed by atoms with Crippen molar-refractivity contribution in [3.05, 3.63) is 33.7 Å². The summed E-state index contributed by atoms with van der Waals surface area (Å²) in [5.74, 6) is 0. The number of anilines is 1. The molecule has 1 fully saturated rings. The second-order valence-corrected chi connectivity index (χ2v) is 5.65. The van der Waals surface area contributed by atoms with Crippen LogP contribution in [0.15, 0.2) is 28.1 Å². The van der Waals surface area contributed by atoms with E-state index in [-0.39, 0.29) is 5.56 Å². The largest absolute Gasteiger partial charge is 0.383 e. The van der Waals surface area contributed by atoms with Gasteiger partial charge in [0, 0.05) is 13.2 Å². The number of rotatable bonds is 6. The minimum atomic E-state index is -0.149. The number of ether oxygens (including phenoxy) is 1. The predicted octanol–water partition coefficient (Wildman–Crippen LogP) is 2.56. The Balaban J connectivity index is 1.91. The summed E-state index contributed by atoms with van der Waals surface area (Å²) >= 11 is 3.33. The number of nitrogens with one attached hydrogen (secondary N) is 1. The standard InChI is InChI=1S/C14H20BrN3O2/c1-2-8-18-14(19)13(15)12(10-17-18)16-7-6-11-5-3-4-9-20-11/h2,10-11,16H,1,3-9H2. The van der Waals surface area contributed by atoms with Gasteiger partial charge in [-0.15, -0.1) is 6.58 Å². The van der Waals surface area contributed by atoms with Gasteiger partial charge in [0.1, 0.15) is 4.47 Å². The molecule has 1 unspecified atom stereocenters. The van der Waals surface area contributed by atoms with Crippen LogP contribution in [0.4, 0.5) is 5.69 Å². The summed E-state index contributed by atoms with van der Waals surface area (Å²) in [7, 11) is 0. The van der Waals surface area contributed by atoms with E-state index >= 15 is 0 Å². The molecule has 6 heteroatoms. The Bertz CT molecular complexity index is 510. The van der Waals surface area contributed by atoms with Gasteiger partial charge < -0.3 is 10.1 Å². The van der Waals surface area contributed by atoms with Crippen molar-refractivity contribution in [1.29, 1.82) is 0 Å². The van der Waals surface area contributed by atoms with Gasteiger partial charge in [0.25, 0.3) is 5.56 Å². The molecule has 1 N–H and O–H groups in total. The number of halogens is 1. The highest BCUT2D eigenvalue weighted by Crippen LogP contribution is 2.18. The number of hydrogen-bond donors (Lipinski definition) is 1. The predicted molar refractivity (Wildman–Crippen MR) is 83.1 cm³/mol. The van der Waals surface area contributed by atoms with Crippen LogP contribution in [0.2, 0.25) is 0 Å². The Kier molecular flexibility index (Phi) is 5.79. The van der Waals surface area contributed by atoms with Crippen LogP contribution in [-0.4, -0.2) is 29.0 Å². The molecule has 110 valence electrons. The Hall–Kier alpha value is -1.14. The van der Waals surface area contributed by atoms with Crippen LogP contribution >= 0.6 is 15.9 Å². The quantitative estimate of drug-likeness (QED) is 0.808. The Morgan fingerprint density at radius 3 is 3.15 bits per heavy atom. The number of hydrogen-bond acceptors (Lipinski definition) is 4. The van der Waals surface area contributed by atoms with E-state index in [2.05, 4.69) is 32.9 Å². The van der Waals surface area contributed by atoms with Crippen molar-refractivity contribution < 1.29 is 4.74 Å². The molecule has 2 heterocycles. The zero-order valence-electron chi connectivity index (χ0n) is 11.5. The van der Waals surface area contributed by atoms with Crippen LogP contribution in [0.1, 0.15) is 25.7 Å². The third-order valence-corrected chi connectivity index (χ3v) is 4.11. The van der Waals surface area contributed by atoms with E-state index in [9.17, 15) is 4.79 Å². The van der Waals surface area contributed by atoms with Gasteiger partial charge in [0.15, 0.2) is 0 Å². The molecule has 5 nitrogen and oxygen atoms in total. The SMILES string of the molecule is C=CCn1ncc(NCCC2CCCCO2)c(Br)c1=O. The first kappa shape index (κ1) is 15.3. The molecule has 2 rings (SSSR count). The van der Waals surface area contributed by atoms with Crippen molar-refractivity contribution in [2.45, 2.75) is 38.3 Å². The second kappa shape index (κ2) is 7.59. The zero-order valence-corrected chi connectivity index (χ0v) is 13.1. The molecule has 1 saturated heterocycles. The lowest BCUT2D eigenvalue weighted by atomic mass is 10.1. The van der Waals surface area contributed by atoms with Crippen molar-refractivity contribution in [3.63, 3.8) is 0 Å². The molecular formula is C14H20BrN3O2. The van der Waals surface area contributed by atoms with E-state index in [1.807, 2.05) is 0 Å². The lowest BCUT2D eigenvalue weighted by Crippen LogP contribution is -2.25. The fraction of sp³-hybridized carbons (Fsp3) is 0.571.